The summed E-state index contributed by atoms with van der Waals surface area (Å²) >= 11 is 7.05. The second kappa shape index (κ2) is 10.3. The van der Waals surface area contributed by atoms with Gasteiger partial charge in [0.1, 0.15) is 24.2 Å². The van der Waals surface area contributed by atoms with Crippen molar-refractivity contribution in [2.45, 2.75) is 49.4 Å². The number of pyridine rings is 1. The Kier molecular flexibility index (Phi) is 8.10. The lowest BCUT2D eigenvalue weighted by Gasteiger charge is -2.43. The highest BCUT2D eigenvalue weighted by molar-refractivity contribution is 7.99. The van der Waals surface area contributed by atoms with E-state index in [0.717, 1.165) is 11.8 Å². The standard InChI is InChI=1S/C17H18ClN5O5S/c1-8-13(7-26-9(2)24)28-17(16(27-10(3)25)15(8)22-23-20)29-14-4-11(18)6-21-12(14)5-19/h4,6,8,13,15-17H,7H2,1-3H3/t8-,13?,15?,16-,17+/m0/s1. The van der Waals surface area contributed by atoms with Gasteiger partial charge < -0.3 is 14.2 Å². The number of carbonyl (C=O) groups excluding carboxylic acids is 2. The van der Waals surface area contributed by atoms with Gasteiger partial charge in [0.05, 0.1) is 17.2 Å². The second-order valence-electron chi connectivity index (χ2n) is 6.20. The number of ether oxygens (including phenoxy) is 3. The molecule has 0 amide bonds. The molecular formula is C17H18ClN5O5S. The van der Waals surface area contributed by atoms with Gasteiger partial charge in [-0.1, -0.05) is 35.4 Å². The van der Waals surface area contributed by atoms with Gasteiger partial charge in [-0.25, -0.2) is 4.98 Å². The smallest absolute Gasteiger partial charge is 0.303 e. The molecule has 0 aliphatic carbocycles. The highest BCUT2D eigenvalue weighted by Crippen LogP contribution is 2.39. The molecule has 5 atom stereocenters. The lowest BCUT2D eigenvalue weighted by atomic mass is 9.89. The summed E-state index contributed by atoms with van der Waals surface area (Å²) in [6.45, 7) is 4.17. The Morgan fingerprint density at radius 1 is 1.48 bits per heavy atom. The molecule has 2 heterocycles. The summed E-state index contributed by atoms with van der Waals surface area (Å²) in [6, 6.07) is 2.71. The van der Waals surface area contributed by atoms with Crippen molar-refractivity contribution in [2.75, 3.05) is 6.61 Å². The van der Waals surface area contributed by atoms with Gasteiger partial charge in [-0.05, 0) is 17.5 Å². The van der Waals surface area contributed by atoms with Crippen LogP contribution < -0.4 is 0 Å². The molecular weight excluding hydrogens is 422 g/mol. The molecule has 10 nitrogen and oxygen atoms in total. The molecule has 1 aromatic rings. The first kappa shape index (κ1) is 22.8. The van der Waals surface area contributed by atoms with Crippen molar-refractivity contribution in [3.8, 4) is 6.07 Å². The van der Waals surface area contributed by atoms with Crippen LogP contribution in [-0.4, -0.2) is 47.2 Å². The predicted octanol–water partition coefficient (Wildman–Crippen LogP) is 3.23. The van der Waals surface area contributed by atoms with Gasteiger partial charge in [-0.2, -0.15) is 5.26 Å². The van der Waals surface area contributed by atoms with Crippen LogP contribution in [0.25, 0.3) is 10.4 Å². The number of azide groups is 1. The number of hydrogen-bond donors (Lipinski definition) is 0. The number of aromatic nitrogens is 1. The van der Waals surface area contributed by atoms with E-state index < -0.39 is 41.5 Å². The minimum Gasteiger partial charge on any atom is -0.463 e. The van der Waals surface area contributed by atoms with E-state index in [2.05, 4.69) is 15.0 Å². The highest BCUT2D eigenvalue weighted by atomic mass is 35.5. The van der Waals surface area contributed by atoms with Crippen molar-refractivity contribution in [3.05, 3.63) is 33.4 Å². The van der Waals surface area contributed by atoms with Crippen molar-refractivity contribution in [1.82, 2.24) is 4.98 Å². The van der Waals surface area contributed by atoms with Crippen molar-refractivity contribution in [1.29, 1.82) is 5.26 Å². The maximum atomic E-state index is 11.7. The number of halogens is 1. The van der Waals surface area contributed by atoms with Gasteiger partial charge in [-0.15, -0.1) is 0 Å². The highest BCUT2D eigenvalue weighted by Gasteiger charge is 2.46. The molecule has 0 aromatic carbocycles. The average molecular weight is 440 g/mol. The SMILES string of the molecule is CC(=O)OCC1O[C@H](Sc2cc(Cl)cnc2C#N)[C@@H](OC(C)=O)C(N=[N+]=[N-])[C@H]1C. The monoisotopic (exact) mass is 439 g/mol. The molecule has 2 unspecified atom stereocenters. The molecule has 0 N–H and O–H groups in total. The average Bonchev–Trinajstić information content (AvgIpc) is 2.65. The normalized spacial score (nSPS) is 26.0. The Labute approximate surface area is 176 Å². The van der Waals surface area contributed by atoms with Crippen LogP contribution >= 0.6 is 23.4 Å². The van der Waals surface area contributed by atoms with E-state index in [9.17, 15) is 14.9 Å². The summed E-state index contributed by atoms with van der Waals surface area (Å²) in [7, 11) is 0. The van der Waals surface area contributed by atoms with Crippen LogP contribution in [0.3, 0.4) is 0 Å². The number of esters is 2. The number of nitriles is 1. The molecule has 154 valence electrons. The molecule has 0 radical (unpaired) electrons. The molecule has 1 saturated heterocycles. The van der Waals surface area contributed by atoms with Crippen molar-refractivity contribution >= 4 is 35.3 Å². The van der Waals surface area contributed by atoms with Gasteiger partial charge in [0, 0.05) is 29.9 Å². The van der Waals surface area contributed by atoms with Crippen molar-refractivity contribution < 1.29 is 23.8 Å². The third-order valence-corrected chi connectivity index (χ3v) is 5.53. The number of rotatable bonds is 6. The summed E-state index contributed by atoms with van der Waals surface area (Å²) in [5.41, 5.74) is 8.25. The molecule has 1 aliphatic rings. The minimum atomic E-state index is -0.942. The van der Waals surface area contributed by atoms with Gasteiger partial charge in [0.15, 0.2) is 5.69 Å². The van der Waals surface area contributed by atoms with E-state index in [1.165, 1.54) is 26.1 Å². The molecule has 1 aliphatic heterocycles. The van der Waals surface area contributed by atoms with E-state index in [1.807, 2.05) is 6.07 Å². The van der Waals surface area contributed by atoms with E-state index in [0.29, 0.717) is 9.92 Å². The van der Waals surface area contributed by atoms with Crippen molar-refractivity contribution in [2.24, 2.45) is 11.0 Å². The Balaban J connectivity index is 2.41. The fourth-order valence-corrected chi connectivity index (χ4v) is 4.23. The summed E-state index contributed by atoms with van der Waals surface area (Å²) < 4.78 is 16.5. The molecule has 0 spiro atoms. The fourth-order valence-electron chi connectivity index (χ4n) is 2.81. The largest absolute Gasteiger partial charge is 0.463 e. The maximum Gasteiger partial charge on any atom is 0.303 e. The topological polar surface area (TPSA) is 147 Å². The first-order valence-electron chi connectivity index (χ1n) is 8.49. The van der Waals surface area contributed by atoms with Gasteiger partial charge in [0.2, 0.25) is 0 Å². The third kappa shape index (κ3) is 5.98. The number of nitrogens with zero attached hydrogens (tertiary/aromatic N) is 5. The van der Waals surface area contributed by atoms with E-state index in [1.54, 1.807) is 6.92 Å². The zero-order valence-electron chi connectivity index (χ0n) is 15.8. The number of carbonyl (C=O) groups is 2. The Morgan fingerprint density at radius 2 is 2.21 bits per heavy atom. The molecule has 0 saturated carbocycles. The summed E-state index contributed by atoms with van der Waals surface area (Å²) in [6.07, 6.45) is -0.233. The Bertz CT molecular complexity index is 872. The lowest BCUT2D eigenvalue weighted by molar-refractivity contribution is -0.176. The van der Waals surface area contributed by atoms with Crippen LogP contribution in [0, 0.1) is 17.2 Å². The first-order valence-corrected chi connectivity index (χ1v) is 9.75. The maximum absolute atomic E-state index is 11.7. The first-order chi connectivity index (χ1) is 13.8. The Morgan fingerprint density at radius 3 is 2.79 bits per heavy atom. The molecule has 2 rings (SSSR count). The van der Waals surface area contributed by atoms with Gasteiger partial charge in [-0.3, -0.25) is 9.59 Å². The van der Waals surface area contributed by atoms with Crippen LogP contribution in [0.2, 0.25) is 5.02 Å². The van der Waals surface area contributed by atoms with Gasteiger partial charge >= 0.3 is 11.9 Å². The zero-order chi connectivity index (χ0) is 21.6. The summed E-state index contributed by atoms with van der Waals surface area (Å²) in [5, 5.41) is 13.4. The van der Waals surface area contributed by atoms with Crippen LogP contribution in [0.1, 0.15) is 26.5 Å². The minimum absolute atomic E-state index is 0.0727. The third-order valence-electron chi connectivity index (χ3n) is 4.15. The number of thioether (sulfide) groups is 1. The zero-order valence-corrected chi connectivity index (χ0v) is 17.4. The van der Waals surface area contributed by atoms with E-state index in [4.69, 9.17) is 31.3 Å². The predicted molar refractivity (Wildman–Crippen MR) is 103 cm³/mol. The van der Waals surface area contributed by atoms with E-state index >= 15 is 0 Å². The molecule has 12 heteroatoms. The Hall–Kier alpha value is -2.51. The lowest BCUT2D eigenvalue weighted by Crippen LogP contribution is -2.54. The van der Waals surface area contributed by atoms with Crippen LogP contribution in [-0.2, 0) is 23.8 Å². The molecule has 0 bridgehead atoms. The summed E-state index contributed by atoms with van der Waals surface area (Å²) in [4.78, 5) is 30.1. The van der Waals surface area contributed by atoms with Crippen LogP contribution in [0.4, 0.5) is 0 Å². The van der Waals surface area contributed by atoms with Crippen molar-refractivity contribution in [3.63, 3.8) is 0 Å². The number of hydrogen-bond acceptors (Lipinski definition) is 9. The fraction of sp³-hybridized carbons (Fsp3) is 0.529. The molecule has 1 fully saturated rings. The molecule has 29 heavy (non-hydrogen) atoms. The molecule has 1 aromatic heterocycles. The quantitative estimate of drug-likeness (QED) is 0.284. The van der Waals surface area contributed by atoms with E-state index in [-0.39, 0.29) is 12.3 Å². The second-order valence-corrected chi connectivity index (χ2v) is 7.78. The van der Waals surface area contributed by atoms with Crippen LogP contribution in [0.15, 0.2) is 22.3 Å². The van der Waals surface area contributed by atoms with Gasteiger partial charge in [0.25, 0.3) is 0 Å². The van der Waals surface area contributed by atoms with Crippen LogP contribution in [0.5, 0.6) is 0 Å². The summed E-state index contributed by atoms with van der Waals surface area (Å²) in [5.74, 6) is -1.49.